The summed E-state index contributed by atoms with van der Waals surface area (Å²) in [6.45, 7) is 10.8. The number of carbonyl (C=O) groups is 6. The molecule has 1 aliphatic rings. The van der Waals surface area contributed by atoms with E-state index in [0.717, 1.165) is 193 Å². The maximum atomic E-state index is 14.7. The lowest BCUT2D eigenvalue weighted by Crippen LogP contribution is -2.66. The molecule has 0 radical (unpaired) electrons. The highest BCUT2D eigenvalue weighted by atomic mass is 31.2. The second-order valence-electron chi connectivity index (χ2n) is 28.1. The summed E-state index contributed by atoms with van der Waals surface area (Å²) in [7, 11) is -5.50. The van der Waals surface area contributed by atoms with Gasteiger partial charge in [0.05, 0.1) is 45.1 Å². The lowest BCUT2D eigenvalue weighted by Gasteiger charge is -2.45. The van der Waals surface area contributed by atoms with Crippen molar-refractivity contribution in [3.8, 4) is 0 Å². The molecule has 576 valence electrons. The number of esters is 4. The van der Waals surface area contributed by atoms with E-state index in [9.17, 15) is 53.3 Å². The van der Waals surface area contributed by atoms with Crippen molar-refractivity contribution in [2.45, 2.75) is 437 Å². The van der Waals surface area contributed by atoms with Crippen molar-refractivity contribution < 1.29 is 86.3 Å². The molecule has 0 aliphatic carbocycles. The number of phosphoric ester groups is 1. The summed E-state index contributed by atoms with van der Waals surface area (Å²) in [5, 5.41) is 27.3. The number of rotatable bonds is 69. The van der Waals surface area contributed by atoms with Crippen LogP contribution in [0.2, 0.25) is 0 Å². The van der Waals surface area contributed by atoms with E-state index >= 15 is 0 Å². The van der Waals surface area contributed by atoms with Crippen LogP contribution in [0, 0.1) is 0 Å². The van der Waals surface area contributed by atoms with Gasteiger partial charge in [-0.3, -0.25) is 33.3 Å². The first kappa shape index (κ1) is 92.8. The number of aliphatic hydroxyl groups excluding tert-OH is 2. The van der Waals surface area contributed by atoms with Crippen LogP contribution in [0.3, 0.4) is 0 Å². The highest BCUT2D eigenvalue weighted by Crippen LogP contribution is 2.42. The Labute approximate surface area is 594 Å². The average Bonchev–Trinajstić information content (AvgIpc) is 0.786. The van der Waals surface area contributed by atoms with Crippen LogP contribution in [0.5, 0.6) is 0 Å². The van der Waals surface area contributed by atoms with Crippen LogP contribution in [-0.2, 0) is 66.3 Å². The van der Waals surface area contributed by atoms with E-state index in [1.165, 1.54) is 57.8 Å². The molecule has 0 aromatic heterocycles. The Morgan fingerprint density at radius 1 is 0.408 bits per heavy atom. The van der Waals surface area contributed by atoms with Gasteiger partial charge in [-0.15, -0.1) is 0 Å². The van der Waals surface area contributed by atoms with Gasteiger partial charge in [-0.1, -0.05) is 286 Å². The zero-order valence-corrected chi connectivity index (χ0v) is 63.6. The van der Waals surface area contributed by atoms with Gasteiger partial charge in [-0.25, -0.2) is 4.57 Å². The van der Waals surface area contributed by atoms with Gasteiger partial charge in [-0.2, -0.15) is 0 Å². The molecule has 9 atom stereocenters. The van der Waals surface area contributed by atoms with Crippen molar-refractivity contribution >= 4 is 43.5 Å². The number of unbranched alkanes of at least 4 members (excludes halogenated alkanes) is 38. The van der Waals surface area contributed by atoms with Crippen molar-refractivity contribution in [2.75, 3.05) is 19.8 Å². The third-order valence-corrected chi connectivity index (χ3v) is 19.2. The number of carbonyl (C=O) groups excluding carboxylic acids is 6. The smallest absolute Gasteiger partial charge is 0.462 e. The molecular formula is C77H145N2O18P. The fourth-order valence-corrected chi connectivity index (χ4v) is 13.4. The van der Waals surface area contributed by atoms with E-state index in [1.54, 1.807) is 0 Å². The molecule has 98 heavy (non-hydrogen) atoms. The Kier molecular flexibility index (Phi) is 60.1. The summed E-state index contributed by atoms with van der Waals surface area (Å²) < 4.78 is 55.0. The number of aliphatic hydroxyl groups is 2. The first-order chi connectivity index (χ1) is 47.5. The van der Waals surface area contributed by atoms with Crippen LogP contribution in [0.25, 0.3) is 0 Å². The van der Waals surface area contributed by atoms with E-state index in [4.69, 9.17) is 32.9 Å². The van der Waals surface area contributed by atoms with E-state index in [1.807, 2.05) is 6.92 Å². The summed E-state index contributed by atoms with van der Waals surface area (Å²) >= 11 is 0. The largest absolute Gasteiger partial charge is 0.470 e. The van der Waals surface area contributed by atoms with Gasteiger partial charge in [0, 0.05) is 19.3 Å². The molecule has 0 spiro atoms. The zero-order valence-electron chi connectivity index (χ0n) is 62.7. The molecule has 20 nitrogen and oxygen atoms in total. The first-order valence-corrected chi connectivity index (χ1v) is 41.6. The number of ether oxygens (including phenoxy) is 6. The molecule has 1 rings (SSSR count). The van der Waals surface area contributed by atoms with Crippen LogP contribution >= 0.6 is 7.82 Å². The van der Waals surface area contributed by atoms with Gasteiger partial charge >= 0.3 is 31.7 Å². The maximum absolute atomic E-state index is 14.7. The Balaban J connectivity index is 3.76. The van der Waals surface area contributed by atoms with Gasteiger partial charge in [0.15, 0.2) is 12.4 Å². The monoisotopic (exact) mass is 1420 g/mol. The van der Waals surface area contributed by atoms with Gasteiger partial charge in [0.2, 0.25) is 11.8 Å². The van der Waals surface area contributed by atoms with Crippen molar-refractivity contribution in [2.24, 2.45) is 0 Å². The summed E-state index contributed by atoms with van der Waals surface area (Å²) in [5.41, 5.74) is 0. The minimum absolute atomic E-state index is 0.150. The van der Waals surface area contributed by atoms with Gasteiger partial charge < -0.3 is 59.1 Å². The lowest BCUT2D eigenvalue weighted by molar-refractivity contribution is -0.272. The fourth-order valence-electron chi connectivity index (χ4n) is 12.8. The molecule has 0 unspecified atom stereocenters. The Morgan fingerprint density at radius 2 is 0.724 bits per heavy atom. The molecule has 21 heteroatoms. The molecule has 1 fully saturated rings. The van der Waals surface area contributed by atoms with Crippen LogP contribution in [-0.4, -0.2) is 131 Å². The Bertz CT molecular complexity index is 2010. The predicted octanol–water partition coefficient (Wildman–Crippen LogP) is 17.6. The summed E-state index contributed by atoms with van der Waals surface area (Å²) in [6.07, 6.45) is 35.7. The standard InChI is InChI=1S/C77H145N2O18P/c1-7-13-19-24-29-32-37-40-46-51-64(92-71(85)55-49-43-35-27-22-16-10-4)57-68(82)78-63(60-80)62-91-77-74(79-69(83)58-65(93-70(84)54-45-18-12-6)52-47-41-38-33-30-25-20-14-8-2)76(75(67(61-81)95-77)97-98(88,89)90)96-73(87)59-66(53-48-42-39-34-31-26-21-15-9-3)94-72(86)56-50-44-36-28-23-17-11-5/h63-67,74-77,80-81H,7-62H2,1-6H3,(H,78,82)(H,79,83)(H2,88,89,90)/t63-,64+,65+,66+,67+,74-,75+,76+,77-/m0/s1. The number of hydrogen-bond acceptors (Lipinski definition) is 16. The topological polar surface area (TPSA) is 289 Å². The predicted molar refractivity (Wildman–Crippen MR) is 388 cm³/mol. The second-order valence-corrected chi connectivity index (χ2v) is 29.3. The van der Waals surface area contributed by atoms with Crippen LogP contribution < -0.4 is 10.6 Å². The van der Waals surface area contributed by atoms with Crippen LogP contribution in [0.1, 0.15) is 382 Å². The average molecular weight is 1420 g/mol. The fraction of sp³-hybridized carbons (Fsp3) is 0.922. The van der Waals surface area contributed by atoms with Gasteiger partial charge in [0.25, 0.3) is 0 Å². The third-order valence-electron chi connectivity index (χ3n) is 18.7. The molecule has 0 saturated carbocycles. The molecule has 1 aliphatic heterocycles. The van der Waals surface area contributed by atoms with Crippen LogP contribution in [0.15, 0.2) is 0 Å². The molecule has 1 heterocycles. The molecule has 0 aromatic rings. The summed E-state index contributed by atoms with van der Waals surface area (Å²) in [5.74, 6) is -3.55. The van der Waals surface area contributed by atoms with Crippen molar-refractivity contribution in [3.05, 3.63) is 0 Å². The first-order valence-electron chi connectivity index (χ1n) is 40.1. The highest BCUT2D eigenvalue weighted by molar-refractivity contribution is 7.46. The van der Waals surface area contributed by atoms with E-state index in [-0.39, 0.29) is 38.1 Å². The molecule has 0 bridgehead atoms. The number of nitrogens with one attached hydrogen (secondary N) is 2. The number of amides is 2. The van der Waals surface area contributed by atoms with E-state index < -0.39 is 119 Å². The SMILES string of the molecule is CCCCCCCCCCC[C@H](CC(=O)N[C@@H](CO)CO[C@H]1O[C@H](CO)[C@@H](OP(=O)(O)O)[C@H](OC(=O)C[C@@H](CCCCCCCCCCC)OC(=O)CCCCCCCCC)[C@@H]1NC(=O)C[C@@H](CCCCCCCCCCC)OC(=O)CCCCC)OC(=O)CCCCCCCCC. The summed E-state index contributed by atoms with van der Waals surface area (Å²) in [4.78, 5) is 104. The van der Waals surface area contributed by atoms with Crippen LogP contribution in [0.4, 0.5) is 0 Å². The second kappa shape index (κ2) is 63.5. The van der Waals surface area contributed by atoms with Crippen molar-refractivity contribution in [1.82, 2.24) is 10.6 Å². The molecule has 2 amide bonds. The molecule has 0 aromatic carbocycles. The molecule has 6 N–H and O–H groups in total. The Morgan fingerprint density at radius 3 is 1.07 bits per heavy atom. The minimum Gasteiger partial charge on any atom is -0.462 e. The van der Waals surface area contributed by atoms with E-state index in [0.29, 0.717) is 51.4 Å². The van der Waals surface area contributed by atoms with E-state index in [2.05, 4.69) is 45.3 Å². The molecule has 1 saturated heterocycles. The molecular weight excluding hydrogens is 1270 g/mol. The Hall–Kier alpha value is -3.23. The lowest BCUT2D eigenvalue weighted by atomic mass is 9.95. The number of phosphoric acid groups is 1. The normalized spacial score (nSPS) is 17.6. The van der Waals surface area contributed by atoms with Crippen molar-refractivity contribution in [1.29, 1.82) is 0 Å². The number of hydrogen-bond donors (Lipinski definition) is 6. The third kappa shape index (κ3) is 51.8. The highest BCUT2D eigenvalue weighted by Gasteiger charge is 2.52. The quantitative estimate of drug-likeness (QED) is 0.0143. The minimum atomic E-state index is -5.50. The maximum Gasteiger partial charge on any atom is 0.470 e. The zero-order chi connectivity index (χ0) is 72.1. The summed E-state index contributed by atoms with van der Waals surface area (Å²) in [6, 6.07) is -2.80. The van der Waals surface area contributed by atoms with Gasteiger partial charge in [0.1, 0.15) is 36.6 Å². The van der Waals surface area contributed by atoms with Gasteiger partial charge in [-0.05, 0) is 57.8 Å². The van der Waals surface area contributed by atoms with Crippen molar-refractivity contribution in [3.63, 3.8) is 0 Å².